The minimum Gasteiger partial charge on any atom is -0.395 e. The van der Waals surface area contributed by atoms with Crippen molar-refractivity contribution in [2.24, 2.45) is 5.73 Å². The van der Waals surface area contributed by atoms with Gasteiger partial charge in [-0.1, -0.05) is 0 Å². The molecule has 2 heterocycles. The average Bonchev–Trinajstić information content (AvgIpc) is 3.96. The highest BCUT2D eigenvalue weighted by Gasteiger charge is 2.39. The molecule has 2 rings (SSSR count). The van der Waals surface area contributed by atoms with Gasteiger partial charge >= 0.3 is 26.2 Å². The molecule has 45 heavy (non-hydrogen) atoms. The van der Waals surface area contributed by atoms with Gasteiger partial charge in [-0.05, 0) is 73.0 Å². The zero-order valence-corrected chi connectivity index (χ0v) is 32.9. The lowest BCUT2D eigenvalue weighted by Gasteiger charge is -2.28. The van der Waals surface area contributed by atoms with Crippen LogP contribution in [0.4, 0.5) is 0 Å². The zero-order chi connectivity index (χ0) is 33.9. The van der Waals surface area contributed by atoms with E-state index in [-0.39, 0.29) is 0 Å². The molecule has 0 bridgehead atoms. The predicted molar refractivity (Wildman–Crippen MR) is 181 cm³/mol. The second-order valence-electron chi connectivity index (χ2n) is 10.4. The third kappa shape index (κ3) is 23.2. The van der Waals surface area contributed by atoms with Crippen LogP contribution in [0.2, 0.25) is 24.7 Å². The Morgan fingerprint density at radius 3 is 1.29 bits per heavy atom. The van der Waals surface area contributed by atoms with Gasteiger partial charge in [-0.3, -0.25) is 0 Å². The first-order valence-electron chi connectivity index (χ1n) is 16.6. The predicted octanol–water partition coefficient (Wildman–Crippen LogP) is 3.99. The van der Waals surface area contributed by atoms with Crippen molar-refractivity contribution in [3.8, 4) is 0 Å². The van der Waals surface area contributed by atoms with E-state index in [2.05, 4.69) is 6.55 Å². The maximum absolute atomic E-state index is 5.75. The molecule has 13 nitrogen and oxygen atoms in total. The van der Waals surface area contributed by atoms with Gasteiger partial charge in [-0.2, -0.15) is 0 Å². The summed E-state index contributed by atoms with van der Waals surface area (Å²) < 4.78 is 65.3. The minimum atomic E-state index is -2.40. The number of epoxide rings is 2. The van der Waals surface area contributed by atoms with Crippen LogP contribution in [-0.2, 0) is 54.4 Å². The quantitative estimate of drug-likeness (QED) is 0.0713. The van der Waals surface area contributed by atoms with E-state index >= 15 is 0 Å². The van der Waals surface area contributed by atoms with Crippen molar-refractivity contribution in [3.63, 3.8) is 0 Å². The fourth-order valence-electron chi connectivity index (χ4n) is 4.32. The lowest BCUT2D eigenvalue weighted by Crippen LogP contribution is -2.46. The van der Waals surface area contributed by atoms with Crippen molar-refractivity contribution in [1.29, 1.82) is 0 Å². The molecular formula is C29H67NO12Si3. The van der Waals surface area contributed by atoms with Crippen molar-refractivity contribution in [1.82, 2.24) is 0 Å². The van der Waals surface area contributed by atoms with Gasteiger partial charge in [0.15, 0.2) is 0 Å². The Morgan fingerprint density at radius 1 is 0.578 bits per heavy atom. The molecule has 0 spiro atoms. The molecule has 272 valence electrons. The lowest BCUT2D eigenvalue weighted by atomic mass is 10.5. The molecule has 0 aromatic rings. The zero-order valence-electron chi connectivity index (χ0n) is 29.9. The fraction of sp³-hybridized carbons (Fsp3) is 1.00. The van der Waals surface area contributed by atoms with Crippen LogP contribution >= 0.6 is 0 Å². The summed E-state index contributed by atoms with van der Waals surface area (Å²) in [6, 6.07) is 2.60. The van der Waals surface area contributed by atoms with Crippen molar-refractivity contribution < 1.29 is 54.4 Å². The highest BCUT2D eigenvalue weighted by molar-refractivity contribution is 6.66. The van der Waals surface area contributed by atoms with Crippen molar-refractivity contribution in [2.45, 2.75) is 90.8 Å². The number of ether oxygens (including phenoxy) is 4. The van der Waals surface area contributed by atoms with E-state index in [9.17, 15) is 0 Å². The Labute approximate surface area is 277 Å². The first-order chi connectivity index (χ1) is 21.7. The maximum Gasteiger partial charge on any atom is 0.500 e. The fourth-order valence-corrected chi connectivity index (χ4v) is 11.0. The topological polar surface area (TPSA) is 143 Å². The van der Waals surface area contributed by atoms with Gasteiger partial charge in [-0.25, -0.2) is 0 Å². The van der Waals surface area contributed by atoms with Crippen molar-refractivity contribution in [2.75, 3.05) is 101 Å². The molecule has 0 saturated carbocycles. The van der Waals surface area contributed by atoms with Crippen LogP contribution in [0.3, 0.4) is 0 Å². The summed E-state index contributed by atoms with van der Waals surface area (Å²) in [4.78, 5) is 0. The Hall–Kier alpha value is 0.131. The first-order valence-corrected chi connectivity index (χ1v) is 23.0. The normalized spacial score (nSPS) is 17.7. The summed E-state index contributed by atoms with van der Waals surface area (Å²) in [5.74, 6) is 0. The average molecular weight is 706 g/mol. The molecule has 2 aliphatic heterocycles. The minimum absolute atomic E-state index is 0.333. The highest BCUT2D eigenvalue weighted by Crippen LogP contribution is 2.18. The second kappa shape index (κ2) is 28.0. The molecule has 0 aromatic carbocycles. The van der Waals surface area contributed by atoms with E-state index in [4.69, 9.17) is 60.1 Å². The van der Waals surface area contributed by atoms with Crippen LogP contribution in [0.5, 0.6) is 0 Å². The lowest BCUT2D eigenvalue weighted by molar-refractivity contribution is 0.0709. The van der Waals surface area contributed by atoms with E-state index in [1.165, 1.54) is 0 Å². The van der Waals surface area contributed by atoms with Crippen LogP contribution in [0, 0.1) is 0 Å². The largest absolute Gasteiger partial charge is 0.500 e. The summed E-state index contributed by atoms with van der Waals surface area (Å²) in [5.41, 5.74) is 5.48. The molecule has 2 aliphatic rings. The third-order valence-corrected chi connectivity index (χ3v) is 15.8. The van der Waals surface area contributed by atoms with Gasteiger partial charge in [0.25, 0.3) is 0 Å². The van der Waals surface area contributed by atoms with Crippen LogP contribution in [0.15, 0.2) is 0 Å². The summed E-state index contributed by atoms with van der Waals surface area (Å²) in [7, 11) is -1.84. The van der Waals surface area contributed by atoms with Gasteiger partial charge in [0.2, 0.25) is 0 Å². The molecule has 2 atom stereocenters. The van der Waals surface area contributed by atoms with E-state index in [1.807, 2.05) is 34.6 Å². The smallest absolute Gasteiger partial charge is 0.395 e. The molecule has 2 fully saturated rings. The van der Waals surface area contributed by atoms with Gasteiger partial charge in [0.1, 0.15) is 12.2 Å². The van der Waals surface area contributed by atoms with E-state index in [0.29, 0.717) is 51.8 Å². The second-order valence-corrected chi connectivity index (χ2v) is 19.6. The standard InChI is InChI=1S/C11H24O4Si.C9H23NO3Si.C9H20O5Si/c1-4-14-16(3,15-5-2)8-6-7-12-9-11-10-13-11;1-4-11-14(12-5-2,13-6-3)9-7-8-10;1-10-15(11-2,12-3)6-4-5-13-7-9-8-14-9/h11H,4-10H2,1-3H3;4-10H2,1-3H3;9H,4-8H2,1-3H3. The Bertz CT molecular complexity index is 631. The van der Waals surface area contributed by atoms with E-state index in [0.717, 1.165) is 77.0 Å². The molecule has 2 N–H and O–H groups in total. The van der Waals surface area contributed by atoms with Crippen LogP contribution in [0.25, 0.3) is 0 Å². The molecule has 2 unspecified atom stereocenters. The van der Waals surface area contributed by atoms with Crippen LogP contribution in [0.1, 0.15) is 53.9 Å². The van der Waals surface area contributed by atoms with E-state index < -0.39 is 26.2 Å². The molecule has 0 radical (unpaired) electrons. The Morgan fingerprint density at radius 2 is 0.956 bits per heavy atom. The van der Waals surface area contributed by atoms with Gasteiger partial charge < -0.3 is 60.1 Å². The van der Waals surface area contributed by atoms with Crippen molar-refractivity contribution >= 4 is 26.2 Å². The third-order valence-electron chi connectivity index (χ3n) is 6.72. The van der Waals surface area contributed by atoms with E-state index in [1.54, 1.807) is 21.3 Å². The summed E-state index contributed by atoms with van der Waals surface area (Å²) in [6.07, 6.45) is 3.48. The maximum atomic E-state index is 5.75. The molecule has 0 amide bonds. The molecule has 16 heteroatoms. The van der Waals surface area contributed by atoms with Gasteiger partial charge in [0, 0.05) is 79.7 Å². The van der Waals surface area contributed by atoms with Gasteiger partial charge in [-0.15, -0.1) is 0 Å². The highest BCUT2D eigenvalue weighted by atomic mass is 28.4. The Balaban J connectivity index is 0.000000647. The Kier molecular flexibility index (Phi) is 28.1. The molecule has 2 saturated heterocycles. The number of hydrogen-bond acceptors (Lipinski definition) is 13. The molecule has 0 aliphatic carbocycles. The molecule has 0 aromatic heterocycles. The van der Waals surface area contributed by atoms with Crippen LogP contribution in [-0.4, -0.2) is 139 Å². The summed E-state index contributed by atoms with van der Waals surface area (Å²) in [5, 5.41) is 0. The summed E-state index contributed by atoms with van der Waals surface area (Å²) >= 11 is 0. The first kappa shape index (κ1) is 45.1. The molecular weight excluding hydrogens is 639 g/mol. The van der Waals surface area contributed by atoms with Gasteiger partial charge in [0.05, 0.1) is 26.4 Å². The number of nitrogens with two attached hydrogens (primary N) is 1. The van der Waals surface area contributed by atoms with Crippen molar-refractivity contribution in [3.05, 3.63) is 0 Å². The monoisotopic (exact) mass is 705 g/mol. The number of rotatable bonds is 28. The summed E-state index contributed by atoms with van der Waals surface area (Å²) in [6.45, 7) is 20.7. The van der Waals surface area contributed by atoms with Crippen LogP contribution < -0.4 is 5.73 Å². The SMILES string of the molecule is CCO[Si](C)(CCCOCC1CO1)OCC.CCO[Si](CCCN)(OCC)OCC.CO[Si](CCCOCC1CO1)(OC)OC. The number of hydrogen-bond donors (Lipinski definition) is 1.